The van der Waals surface area contributed by atoms with Gasteiger partial charge in [-0.2, -0.15) is 0 Å². The molecule has 0 radical (unpaired) electrons. The molecule has 0 spiro atoms. The molecule has 2 aliphatic rings. The van der Waals surface area contributed by atoms with Crippen LogP contribution in [0.25, 0.3) is 0 Å². The maximum Gasteiger partial charge on any atom is 0.121 e. The van der Waals surface area contributed by atoms with Gasteiger partial charge in [-0.1, -0.05) is 135 Å². The summed E-state index contributed by atoms with van der Waals surface area (Å²) in [6.45, 7) is 0. The van der Waals surface area contributed by atoms with Crippen molar-refractivity contribution in [1.29, 1.82) is 0 Å². The lowest BCUT2D eigenvalue weighted by Crippen LogP contribution is -2.36. The molecule has 2 aliphatic carbocycles. The van der Waals surface area contributed by atoms with Crippen LogP contribution in [0.5, 0.6) is 0 Å². The van der Waals surface area contributed by atoms with Gasteiger partial charge in [-0.25, -0.2) is 4.98 Å². The van der Waals surface area contributed by atoms with Gasteiger partial charge in [0.05, 0.1) is 12.0 Å². The van der Waals surface area contributed by atoms with Crippen molar-refractivity contribution in [2.24, 2.45) is 17.8 Å². The first-order valence-corrected chi connectivity index (χ1v) is 15.2. The number of benzene rings is 3. The van der Waals surface area contributed by atoms with E-state index < -0.39 is 5.54 Å². The summed E-state index contributed by atoms with van der Waals surface area (Å²) in [7, 11) is 0. The van der Waals surface area contributed by atoms with Gasteiger partial charge in [0.15, 0.2) is 0 Å². The van der Waals surface area contributed by atoms with Crippen LogP contribution in [0.3, 0.4) is 0 Å². The average molecular weight is 515 g/mol. The Kier molecular flexibility index (Phi) is 8.09. The molecule has 2 heteroatoms. The first kappa shape index (κ1) is 25.9. The highest BCUT2D eigenvalue weighted by atomic mass is 15.1. The van der Waals surface area contributed by atoms with Gasteiger partial charge in [-0.05, 0) is 66.5 Å². The molecule has 3 aromatic carbocycles. The van der Waals surface area contributed by atoms with Gasteiger partial charge in [0.2, 0.25) is 0 Å². The molecular weight excluding hydrogens is 472 g/mol. The molecule has 2 saturated carbocycles. The summed E-state index contributed by atoms with van der Waals surface area (Å²) < 4.78 is 2.36. The van der Waals surface area contributed by atoms with E-state index in [9.17, 15) is 0 Å². The van der Waals surface area contributed by atoms with Crippen LogP contribution in [0.1, 0.15) is 80.2 Å². The maximum atomic E-state index is 5.04. The van der Waals surface area contributed by atoms with Crippen molar-refractivity contribution < 1.29 is 0 Å². The Morgan fingerprint density at radius 1 is 0.744 bits per heavy atom. The van der Waals surface area contributed by atoms with Gasteiger partial charge in [-0.3, -0.25) is 0 Å². The van der Waals surface area contributed by atoms with E-state index >= 15 is 0 Å². The van der Waals surface area contributed by atoms with E-state index in [-0.39, 0.29) is 0 Å². The summed E-state index contributed by atoms with van der Waals surface area (Å²) in [6.07, 6.45) is 23.0. The van der Waals surface area contributed by atoms with E-state index in [0.29, 0.717) is 5.92 Å². The van der Waals surface area contributed by atoms with Gasteiger partial charge in [0, 0.05) is 6.20 Å². The Bertz CT molecular complexity index is 1210. The van der Waals surface area contributed by atoms with Crippen molar-refractivity contribution in [3.63, 3.8) is 0 Å². The first-order chi connectivity index (χ1) is 19.3. The normalized spacial score (nSPS) is 17.4. The van der Waals surface area contributed by atoms with E-state index in [2.05, 4.69) is 120 Å². The Balaban J connectivity index is 1.30. The topological polar surface area (TPSA) is 17.8 Å². The van der Waals surface area contributed by atoms with Crippen molar-refractivity contribution in [2.45, 2.75) is 69.7 Å². The molecule has 200 valence electrons. The number of hydrogen-bond donors (Lipinski definition) is 0. The fourth-order valence-electron chi connectivity index (χ4n) is 6.87. The first-order valence-electron chi connectivity index (χ1n) is 15.2. The quantitative estimate of drug-likeness (QED) is 0.144. The van der Waals surface area contributed by atoms with Crippen LogP contribution in [-0.2, 0) is 12.0 Å². The van der Waals surface area contributed by atoms with E-state index in [1.807, 2.05) is 0 Å². The summed E-state index contributed by atoms with van der Waals surface area (Å²) in [5, 5.41) is 0. The zero-order valence-electron chi connectivity index (χ0n) is 23.2. The van der Waals surface area contributed by atoms with Crippen molar-refractivity contribution in [3.8, 4) is 0 Å². The Labute approximate surface area is 234 Å². The second kappa shape index (κ2) is 12.2. The molecule has 1 aromatic heterocycles. The molecule has 1 heterocycles. The molecule has 39 heavy (non-hydrogen) atoms. The van der Waals surface area contributed by atoms with E-state index in [1.54, 1.807) is 0 Å². The predicted molar refractivity (Wildman–Crippen MR) is 162 cm³/mol. The van der Waals surface area contributed by atoms with E-state index in [1.165, 1.54) is 80.2 Å². The molecule has 0 N–H and O–H groups in total. The summed E-state index contributed by atoms with van der Waals surface area (Å²) in [5.74, 6) is 2.38. The monoisotopic (exact) mass is 514 g/mol. The molecule has 0 bridgehead atoms. The lowest BCUT2D eigenvalue weighted by molar-refractivity contribution is 0.341. The van der Waals surface area contributed by atoms with Crippen LogP contribution in [0, 0.1) is 17.8 Å². The molecule has 2 nitrogen and oxygen atoms in total. The largest absolute Gasteiger partial charge is 0.319 e. The fraction of sp³-hybridized carbons (Fsp3) is 0.378. The molecule has 1 unspecified atom stereocenters. The summed E-state index contributed by atoms with van der Waals surface area (Å²) in [6, 6.07) is 32.7. The van der Waals surface area contributed by atoms with Crippen LogP contribution in [0.4, 0.5) is 0 Å². The lowest BCUT2D eigenvalue weighted by atomic mass is 9.77. The third-order valence-electron chi connectivity index (χ3n) is 9.12. The molecule has 0 saturated heterocycles. The third-order valence-corrected chi connectivity index (χ3v) is 9.12. The zero-order valence-corrected chi connectivity index (χ0v) is 23.2. The summed E-state index contributed by atoms with van der Waals surface area (Å²) >= 11 is 0. The molecule has 2 fully saturated rings. The van der Waals surface area contributed by atoms with Gasteiger partial charge in [-0.15, -0.1) is 0 Å². The smallest absolute Gasteiger partial charge is 0.121 e. The standard InChI is InChI=1S/C37H42N2/c1-5-15-30(16-6-1)17-13-14-18-32(31-25-26-31)27-36-28-39(29-38-36)37(33-19-7-2-8-20-33,34-21-9-3-10-22-34)35-23-11-4-12-24-35/h2-4,7-12,14,18-24,28-32H,1,5-6,13,15-17,25-27H2/b18-14-. The van der Waals surface area contributed by atoms with Gasteiger partial charge in [0.25, 0.3) is 0 Å². The number of imidazole rings is 1. The second-order valence-corrected chi connectivity index (χ2v) is 11.8. The molecule has 1 atom stereocenters. The number of allylic oxidation sites excluding steroid dienone is 2. The van der Waals surface area contributed by atoms with Crippen LogP contribution in [0.2, 0.25) is 0 Å². The maximum absolute atomic E-state index is 5.04. The number of aromatic nitrogens is 2. The van der Waals surface area contributed by atoms with Gasteiger partial charge < -0.3 is 4.57 Å². The van der Waals surface area contributed by atoms with Crippen molar-refractivity contribution in [1.82, 2.24) is 9.55 Å². The minimum atomic E-state index is -0.486. The number of rotatable bonds is 11. The van der Waals surface area contributed by atoms with Gasteiger partial charge in [0.1, 0.15) is 5.54 Å². The Morgan fingerprint density at radius 3 is 1.85 bits per heavy atom. The average Bonchev–Trinajstić information content (AvgIpc) is 3.76. The van der Waals surface area contributed by atoms with Crippen LogP contribution < -0.4 is 0 Å². The Hall–Kier alpha value is -3.39. The second-order valence-electron chi connectivity index (χ2n) is 11.8. The van der Waals surface area contributed by atoms with Crippen molar-refractivity contribution in [3.05, 3.63) is 138 Å². The van der Waals surface area contributed by atoms with Crippen molar-refractivity contribution >= 4 is 0 Å². The number of nitrogens with zero attached hydrogens (tertiary/aromatic N) is 2. The highest BCUT2D eigenvalue weighted by Gasteiger charge is 2.38. The zero-order chi connectivity index (χ0) is 26.3. The molecule has 0 amide bonds. The number of hydrogen-bond acceptors (Lipinski definition) is 1. The molecule has 4 aromatic rings. The predicted octanol–water partition coefficient (Wildman–Crippen LogP) is 9.21. The summed E-state index contributed by atoms with van der Waals surface area (Å²) in [5.41, 5.74) is 4.43. The molecule has 0 aliphatic heterocycles. The summed E-state index contributed by atoms with van der Waals surface area (Å²) in [4.78, 5) is 5.04. The molecular formula is C37H42N2. The van der Waals surface area contributed by atoms with E-state index in [0.717, 1.165) is 18.3 Å². The van der Waals surface area contributed by atoms with E-state index in [4.69, 9.17) is 4.98 Å². The minimum absolute atomic E-state index is 0.486. The minimum Gasteiger partial charge on any atom is -0.319 e. The third kappa shape index (κ3) is 5.81. The molecule has 6 rings (SSSR count). The van der Waals surface area contributed by atoms with Crippen LogP contribution in [0.15, 0.2) is 116 Å². The lowest BCUT2D eigenvalue weighted by Gasteiger charge is -2.37. The van der Waals surface area contributed by atoms with Crippen LogP contribution >= 0.6 is 0 Å². The highest BCUT2D eigenvalue weighted by molar-refractivity contribution is 5.50. The SMILES string of the molecule is C(=C/C(Cc1cn(C(c2ccccc2)(c2ccccc2)c2ccccc2)cn1)C1CC1)/CCC1CCCCC1. The van der Waals surface area contributed by atoms with Crippen LogP contribution in [-0.4, -0.2) is 9.55 Å². The fourth-order valence-corrected chi connectivity index (χ4v) is 6.87. The highest BCUT2D eigenvalue weighted by Crippen LogP contribution is 2.42. The van der Waals surface area contributed by atoms with Gasteiger partial charge >= 0.3 is 0 Å². The van der Waals surface area contributed by atoms with Crippen molar-refractivity contribution in [2.75, 3.05) is 0 Å². The Morgan fingerprint density at radius 2 is 1.31 bits per heavy atom.